The molecular formula is C15H24N4O. The molecule has 2 heterocycles. The van der Waals surface area contributed by atoms with Gasteiger partial charge in [0.15, 0.2) is 0 Å². The van der Waals surface area contributed by atoms with Crippen molar-refractivity contribution in [2.45, 2.75) is 32.4 Å². The van der Waals surface area contributed by atoms with E-state index >= 15 is 0 Å². The van der Waals surface area contributed by atoms with Gasteiger partial charge in [-0.3, -0.25) is 14.7 Å². The maximum Gasteiger partial charge on any atom is 0.236 e. The summed E-state index contributed by atoms with van der Waals surface area (Å²) < 4.78 is 0. The van der Waals surface area contributed by atoms with Crippen molar-refractivity contribution < 1.29 is 4.79 Å². The Morgan fingerprint density at radius 2 is 2.15 bits per heavy atom. The number of aryl methyl sites for hydroxylation is 1. The number of likely N-dealkylation sites (tertiary alicyclic amines) is 1. The van der Waals surface area contributed by atoms with Crippen molar-refractivity contribution >= 4 is 5.91 Å². The van der Waals surface area contributed by atoms with Crippen molar-refractivity contribution in [1.29, 1.82) is 0 Å². The highest BCUT2D eigenvalue weighted by atomic mass is 16.2. The number of carbonyl (C=O) groups excluding carboxylic acids is 1. The largest absolute Gasteiger partial charge is 0.339 e. The molecular weight excluding hydrogens is 252 g/mol. The lowest BCUT2D eigenvalue weighted by molar-refractivity contribution is -0.132. The summed E-state index contributed by atoms with van der Waals surface area (Å²) >= 11 is 0. The molecule has 1 saturated heterocycles. The first-order valence-corrected chi connectivity index (χ1v) is 7.19. The van der Waals surface area contributed by atoms with Crippen LogP contribution in [-0.4, -0.2) is 53.4 Å². The van der Waals surface area contributed by atoms with Gasteiger partial charge >= 0.3 is 0 Å². The standard InChI is InChI=1S/C15H24N4O/c1-12-4-3-5-14(17-12)10-18(2)15(20)11-19-8-6-13(16)7-9-19/h3-5,13H,6-11,16H2,1-2H3. The Bertz CT molecular complexity index is 455. The van der Waals surface area contributed by atoms with Crippen LogP contribution in [0.5, 0.6) is 0 Å². The minimum Gasteiger partial charge on any atom is -0.339 e. The van der Waals surface area contributed by atoms with Gasteiger partial charge in [-0.15, -0.1) is 0 Å². The van der Waals surface area contributed by atoms with Crippen LogP contribution < -0.4 is 5.73 Å². The molecule has 1 fully saturated rings. The second kappa shape index (κ2) is 6.81. The number of nitrogens with two attached hydrogens (primary N) is 1. The van der Waals surface area contributed by atoms with E-state index in [4.69, 9.17) is 5.73 Å². The number of piperidine rings is 1. The first-order chi connectivity index (χ1) is 9.54. The minimum absolute atomic E-state index is 0.142. The molecule has 2 N–H and O–H groups in total. The molecule has 2 rings (SSSR count). The average Bonchev–Trinajstić information content (AvgIpc) is 2.41. The van der Waals surface area contributed by atoms with Crippen molar-refractivity contribution in [3.8, 4) is 0 Å². The molecule has 5 nitrogen and oxygen atoms in total. The van der Waals surface area contributed by atoms with Crippen molar-refractivity contribution in [3.05, 3.63) is 29.6 Å². The van der Waals surface area contributed by atoms with Crippen LogP contribution in [0, 0.1) is 6.92 Å². The molecule has 0 spiro atoms. The third-order valence-electron chi connectivity index (χ3n) is 3.76. The van der Waals surface area contributed by atoms with Gasteiger partial charge in [-0.1, -0.05) is 6.07 Å². The van der Waals surface area contributed by atoms with Gasteiger partial charge in [-0.2, -0.15) is 0 Å². The fourth-order valence-electron chi connectivity index (χ4n) is 2.44. The third kappa shape index (κ3) is 4.28. The van der Waals surface area contributed by atoms with E-state index in [9.17, 15) is 4.79 Å². The predicted octanol–water partition coefficient (Wildman–Crippen LogP) is 0.772. The molecule has 0 bridgehead atoms. The summed E-state index contributed by atoms with van der Waals surface area (Å²) in [4.78, 5) is 20.6. The Morgan fingerprint density at radius 3 is 2.80 bits per heavy atom. The molecule has 1 aromatic rings. The Balaban J connectivity index is 1.83. The van der Waals surface area contributed by atoms with Gasteiger partial charge in [-0.05, 0) is 31.9 Å². The number of aromatic nitrogens is 1. The van der Waals surface area contributed by atoms with Crippen LogP contribution in [0.15, 0.2) is 18.2 Å². The average molecular weight is 276 g/mol. The highest BCUT2D eigenvalue weighted by Crippen LogP contribution is 2.09. The summed E-state index contributed by atoms with van der Waals surface area (Å²) in [6, 6.07) is 6.19. The summed E-state index contributed by atoms with van der Waals surface area (Å²) in [5, 5.41) is 0. The number of rotatable bonds is 4. The van der Waals surface area contributed by atoms with E-state index in [0.717, 1.165) is 37.3 Å². The van der Waals surface area contributed by atoms with E-state index in [0.29, 0.717) is 19.1 Å². The van der Waals surface area contributed by atoms with Gasteiger partial charge < -0.3 is 10.6 Å². The molecule has 1 aliphatic rings. The molecule has 0 unspecified atom stereocenters. The zero-order valence-electron chi connectivity index (χ0n) is 12.4. The third-order valence-corrected chi connectivity index (χ3v) is 3.76. The Kier molecular flexibility index (Phi) is 5.09. The summed E-state index contributed by atoms with van der Waals surface area (Å²) in [7, 11) is 1.84. The SMILES string of the molecule is Cc1cccc(CN(C)C(=O)CN2CCC(N)CC2)n1. The van der Waals surface area contributed by atoms with Gasteiger partial charge in [0.1, 0.15) is 0 Å². The molecule has 0 aliphatic carbocycles. The van der Waals surface area contributed by atoms with E-state index in [1.54, 1.807) is 4.90 Å². The Labute approximate surface area is 120 Å². The first kappa shape index (κ1) is 14.9. The van der Waals surface area contributed by atoms with E-state index < -0.39 is 0 Å². The van der Waals surface area contributed by atoms with E-state index in [1.807, 2.05) is 32.2 Å². The molecule has 1 amide bonds. The smallest absolute Gasteiger partial charge is 0.236 e. The monoisotopic (exact) mass is 276 g/mol. The number of pyridine rings is 1. The Morgan fingerprint density at radius 1 is 1.45 bits per heavy atom. The highest BCUT2D eigenvalue weighted by molar-refractivity contribution is 5.77. The van der Waals surface area contributed by atoms with Gasteiger partial charge in [0.25, 0.3) is 0 Å². The van der Waals surface area contributed by atoms with E-state index in [1.165, 1.54) is 0 Å². The molecule has 0 atom stereocenters. The van der Waals surface area contributed by atoms with Crippen molar-refractivity contribution in [2.24, 2.45) is 5.73 Å². The van der Waals surface area contributed by atoms with Crippen LogP contribution in [0.2, 0.25) is 0 Å². The van der Waals surface area contributed by atoms with Gasteiger partial charge in [0, 0.05) is 31.9 Å². The maximum atomic E-state index is 12.2. The number of amides is 1. The topological polar surface area (TPSA) is 62.5 Å². The number of carbonyl (C=O) groups is 1. The van der Waals surface area contributed by atoms with Crippen LogP contribution in [-0.2, 0) is 11.3 Å². The molecule has 0 saturated carbocycles. The number of likely N-dealkylation sites (N-methyl/N-ethyl adjacent to an activating group) is 1. The van der Waals surface area contributed by atoms with E-state index in [-0.39, 0.29) is 5.91 Å². The zero-order chi connectivity index (χ0) is 14.5. The lowest BCUT2D eigenvalue weighted by atomic mass is 10.1. The quantitative estimate of drug-likeness (QED) is 0.882. The second-order valence-electron chi connectivity index (χ2n) is 5.63. The first-order valence-electron chi connectivity index (χ1n) is 7.19. The van der Waals surface area contributed by atoms with Crippen molar-refractivity contribution in [1.82, 2.24) is 14.8 Å². The van der Waals surface area contributed by atoms with Gasteiger partial charge in [0.2, 0.25) is 5.91 Å². The molecule has 110 valence electrons. The fraction of sp³-hybridized carbons (Fsp3) is 0.600. The highest BCUT2D eigenvalue weighted by Gasteiger charge is 2.20. The molecule has 5 heteroatoms. The fourth-order valence-corrected chi connectivity index (χ4v) is 2.44. The van der Waals surface area contributed by atoms with Crippen LogP contribution in [0.25, 0.3) is 0 Å². The normalized spacial score (nSPS) is 17.1. The minimum atomic E-state index is 0.142. The maximum absolute atomic E-state index is 12.2. The summed E-state index contributed by atoms with van der Waals surface area (Å²) in [6.45, 7) is 4.85. The van der Waals surface area contributed by atoms with Crippen LogP contribution in [0.3, 0.4) is 0 Å². The van der Waals surface area contributed by atoms with Gasteiger partial charge in [-0.25, -0.2) is 0 Å². The molecule has 20 heavy (non-hydrogen) atoms. The Hall–Kier alpha value is -1.46. The van der Waals surface area contributed by atoms with Crippen LogP contribution in [0.1, 0.15) is 24.2 Å². The molecule has 0 radical (unpaired) electrons. The van der Waals surface area contributed by atoms with Crippen LogP contribution in [0.4, 0.5) is 0 Å². The lowest BCUT2D eigenvalue weighted by Gasteiger charge is -2.30. The van der Waals surface area contributed by atoms with E-state index in [2.05, 4.69) is 9.88 Å². The summed E-state index contributed by atoms with van der Waals surface area (Å²) in [5.74, 6) is 0.142. The van der Waals surface area contributed by atoms with Crippen molar-refractivity contribution in [2.75, 3.05) is 26.7 Å². The van der Waals surface area contributed by atoms with Crippen molar-refractivity contribution in [3.63, 3.8) is 0 Å². The number of hydrogen-bond donors (Lipinski definition) is 1. The van der Waals surface area contributed by atoms with Crippen LogP contribution >= 0.6 is 0 Å². The number of hydrogen-bond acceptors (Lipinski definition) is 4. The molecule has 1 aromatic heterocycles. The van der Waals surface area contributed by atoms with Gasteiger partial charge in [0.05, 0.1) is 18.8 Å². The molecule has 1 aliphatic heterocycles. The summed E-state index contributed by atoms with van der Waals surface area (Å²) in [5.41, 5.74) is 7.79. The predicted molar refractivity (Wildman–Crippen MR) is 79.1 cm³/mol. The lowest BCUT2D eigenvalue weighted by Crippen LogP contribution is -2.44. The summed E-state index contributed by atoms with van der Waals surface area (Å²) in [6.07, 6.45) is 1.97. The zero-order valence-corrected chi connectivity index (χ0v) is 12.4. The molecule has 0 aromatic carbocycles. The second-order valence-corrected chi connectivity index (χ2v) is 5.63. The number of nitrogens with zero attached hydrogens (tertiary/aromatic N) is 3.